The number of aromatic nitrogens is 3. The Labute approximate surface area is 112 Å². The molecule has 0 atom stereocenters. The second kappa shape index (κ2) is 3.70. The molecule has 0 aliphatic rings. The number of anilines is 1. The summed E-state index contributed by atoms with van der Waals surface area (Å²) < 4.78 is 1.78. The van der Waals surface area contributed by atoms with Crippen LogP contribution in [0.3, 0.4) is 0 Å². The van der Waals surface area contributed by atoms with Gasteiger partial charge in [0.25, 0.3) is 0 Å². The van der Waals surface area contributed by atoms with Crippen LogP contribution in [-0.2, 0) is 12.5 Å². The Balaban J connectivity index is 2.45. The van der Waals surface area contributed by atoms with Gasteiger partial charge in [-0.15, -0.1) is 0 Å². The van der Waals surface area contributed by atoms with E-state index in [1.165, 1.54) is 5.56 Å². The predicted octanol–water partition coefficient (Wildman–Crippen LogP) is 3.00. The minimum absolute atomic E-state index is 0.115. The third kappa shape index (κ3) is 1.75. The van der Waals surface area contributed by atoms with Crippen LogP contribution in [0.25, 0.3) is 21.8 Å². The molecule has 0 spiro atoms. The molecule has 0 aliphatic heterocycles. The zero-order valence-electron chi connectivity index (χ0n) is 11.7. The highest BCUT2D eigenvalue weighted by atomic mass is 15.3. The minimum Gasteiger partial charge on any atom is -0.382 e. The lowest BCUT2D eigenvalue weighted by Gasteiger charge is -2.19. The largest absolute Gasteiger partial charge is 0.382 e. The summed E-state index contributed by atoms with van der Waals surface area (Å²) in [7, 11) is 1.89. The molecule has 2 N–H and O–H groups in total. The van der Waals surface area contributed by atoms with Gasteiger partial charge >= 0.3 is 0 Å². The third-order valence-corrected chi connectivity index (χ3v) is 3.58. The molecule has 19 heavy (non-hydrogen) atoms. The number of benzene rings is 1. The molecule has 0 unspecified atom stereocenters. The van der Waals surface area contributed by atoms with Gasteiger partial charge in [-0.1, -0.05) is 26.8 Å². The first-order valence-corrected chi connectivity index (χ1v) is 6.39. The van der Waals surface area contributed by atoms with E-state index < -0.39 is 0 Å². The molecule has 2 aromatic heterocycles. The van der Waals surface area contributed by atoms with Crippen LogP contribution in [0, 0.1) is 0 Å². The van der Waals surface area contributed by atoms with Crippen molar-refractivity contribution in [2.45, 2.75) is 26.2 Å². The maximum Gasteiger partial charge on any atom is 0.150 e. The molecule has 3 aromatic rings. The maximum absolute atomic E-state index is 6.02. The second-order valence-corrected chi connectivity index (χ2v) is 6.01. The summed E-state index contributed by atoms with van der Waals surface area (Å²) in [5.74, 6) is 0.533. The fraction of sp³-hybridized carbons (Fsp3) is 0.333. The number of nitrogen functional groups attached to an aromatic ring is 1. The number of rotatable bonds is 0. The summed E-state index contributed by atoms with van der Waals surface area (Å²) in [6.45, 7) is 6.62. The number of hydrogen-bond donors (Lipinski definition) is 1. The van der Waals surface area contributed by atoms with Gasteiger partial charge in [0.15, 0.2) is 0 Å². The second-order valence-electron chi connectivity index (χ2n) is 6.01. The van der Waals surface area contributed by atoms with Crippen LogP contribution in [0.5, 0.6) is 0 Å². The number of nitrogens with two attached hydrogens (primary N) is 1. The van der Waals surface area contributed by atoms with Crippen molar-refractivity contribution in [3.63, 3.8) is 0 Å². The molecule has 0 amide bonds. The van der Waals surface area contributed by atoms with Gasteiger partial charge in [0.05, 0.1) is 11.7 Å². The van der Waals surface area contributed by atoms with Crippen LogP contribution in [0.4, 0.5) is 5.82 Å². The summed E-state index contributed by atoms with van der Waals surface area (Å²) in [5.41, 5.74) is 9.25. The quantitative estimate of drug-likeness (QED) is 0.671. The molecule has 0 radical (unpaired) electrons. The first kappa shape index (κ1) is 12.0. The lowest BCUT2D eigenvalue weighted by molar-refractivity contribution is 0.591. The van der Waals surface area contributed by atoms with E-state index >= 15 is 0 Å². The summed E-state index contributed by atoms with van der Waals surface area (Å²) in [6.07, 6.45) is 1.86. The smallest absolute Gasteiger partial charge is 0.150 e. The fourth-order valence-corrected chi connectivity index (χ4v) is 2.44. The van der Waals surface area contributed by atoms with E-state index in [4.69, 9.17) is 5.73 Å². The molecule has 0 bridgehead atoms. The Hall–Kier alpha value is -2.10. The molecule has 98 valence electrons. The number of nitrogens with zero attached hydrogens (tertiary/aromatic N) is 3. The Bertz CT molecular complexity index is 778. The fourth-order valence-electron chi connectivity index (χ4n) is 2.44. The zero-order chi connectivity index (χ0) is 13.8. The molecule has 0 fully saturated rings. The van der Waals surface area contributed by atoms with Crippen molar-refractivity contribution in [3.05, 3.63) is 30.0 Å². The van der Waals surface area contributed by atoms with Crippen molar-refractivity contribution in [3.8, 4) is 0 Å². The van der Waals surface area contributed by atoms with Crippen LogP contribution in [0.2, 0.25) is 0 Å². The van der Waals surface area contributed by atoms with Crippen molar-refractivity contribution in [2.24, 2.45) is 7.05 Å². The highest BCUT2D eigenvalue weighted by Crippen LogP contribution is 2.31. The molecular formula is C15H18N4. The first-order chi connectivity index (χ1) is 8.88. The Morgan fingerprint density at radius 2 is 1.89 bits per heavy atom. The molecule has 2 heterocycles. The standard InChI is InChI=1S/C15H18N4/c1-15(2,3)9-5-6-12-10(7-9)11-8-17-19(4)13(11)14(16)18-12/h5-8H,1-4H3,(H2,16,18). The number of fused-ring (bicyclic) bond motifs is 3. The Morgan fingerprint density at radius 1 is 1.16 bits per heavy atom. The zero-order valence-corrected chi connectivity index (χ0v) is 11.7. The van der Waals surface area contributed by atoms with E-state index in [1.54, 1.807) is 4.68 Å². The topological polar surface area (TPSA) is 56.7 Å². The van der Waals surface area contributed by atoms with E-state index in [9.17, 15) is 0 Å². The molecule has 1 aromatic carbocycles. The average molecular weight is 254 g/mol. The average Bonchev–Trinajstić information content (AvgIpc) is 2.71. The normalized spacial score (nSPS) is 12.4. The van der Waals surface area contributed by atoms with Gasteiger partial charge in [0.2, 0.25) is 0 Å². The van der Waals surface area contributed by atoms with Crippen LogP contribution >= 0.6 is 0 Å². The molecule has 0 saturated heterocycles. The summed E-state index contributed by atoms with van der Waals surface area (Å²) in [4.78, 5) is 4.48. The van der Waals surface area contributed by atoms with Gasteiger partial charge in [0.1, 0.15) is 11.3 Å². The van der Waals surface area contributed by atoms with Gasteiger partial charge in [-0.2, -0.15) is 5.10 Å². The molecule has 0 saturated carbocycles. The lowest BCUT2D eigenvalue weighted by atomic mass is 9.86. The molecule has 4 heteroatoms. The highest BCUT2D eigenvalue weighted by Gasteiger charge is 2.16. The monoisotopic (exact) mass is 254 g/mol. The van der Waals surface area contributed by atoms with Crippen LogP contribution in [0.15, 0.2) is 24.4 Å². The highest BCUT2D eigenvalue weighted by molar-refractivity contribution is 6.08. The summed E-state index contributed by atoms with van der Waals surface area (Å²) >= 11 is 0. The first-order valence-electron chi connectivity index (χ1n) is 6.39. The van der Waals surface area contributed by atoms with Crippen LogP contribution in [0.1, 0.15) is 26.3 Å². The van der Waals surface area contributed by atoms with E-state index in [0.717, 1.165) is 21.8 Å². The predicted molar refractivity (Wildman–Crippen MR) is 79.1 cm³/mol. The third-order valence-electron chi connectivity index (χ3n) is 3.58. The number of pyridine rings is 1. The lowest BCUT2D eigenvalue weighted by Crippen LogP contribution is -2.10. The van der Waals surface area contributed by atoms with E-state index in [-0.39, 0.29) is 5.41 Å². The van der Waals surface area contributed by atoms with E-state index in [1.807, 2.05) is 19.3 Å². The van der Waals surface area contributed by atoms with Gasteiger partial charge in [0, 0.05) is 17.8 Å². The van der Waals surface area contributed by atoms with E-state index in [0.29, 0.717) is 5.82 Å². The van der Waals surface area contributed by atoms with Crippen LogP contribution < -0.4 is 5.73 Å². The van der Waals surface area contributed by atoms with E-state index in [2.05, 4.69) is 43.0 Å². The summed E-state index contributed by atoms with van der Waals surface area (Å²) in [5, 5.41) is 6.48. The molecular weight excluding hydrogens is 236 g/mol. The SMILES string of the molecule is Cn1ncc2c3cc(C(C)(C)C)ccc3nc(N)c21. The van der Waals surface area contributed by atoms with Crippen molar-refractivity contribution >= 4 is 27.6 Å². The van der Waals surface area contributed by atoms with Crippen molar-refractivity contribution < 1.29 is 0 Å². The van der Waals surface area contributed by atoms with Crippen molar-refractivity contribution in [2.75, 3.05) is 5.73 Å². The Kier molecular flexibility index (Phi) is 2.33. The molecule has 0 aliphatic carbocycles. The minimum atomic E-state index is 0.115. The summed E-state index contributed by atoms with van der Waals surface area (Å²) in [6, 6.07) is 6.36. The Morgan fingerprint density at radius 3 is 2.58 bits per heavy atom. The number of aryl methyl sites for hydroxylation is 1. The van der Waals surface area contributed by atoms with Gasteiger partial charge in [-0.25, -0.2) is 4.98 Å². The maximum atomic E-state index is 6.02. The van der Waals surface area contributed by atoms with Crippen molar-refractivity contribution in [1.29, 1.82) is 0 Å². The molecule has 4 nitrogen and oxygen atoms in total. The van der Waals surface area contributed by atoms with Crippen LogP contribution in [-0.4, -0.2) is 14.8 Å². The van der Waals surface area contributed by atoms with Gasteiger partial charge in [-0.05, 0) is 23.1 Å². The van der Waals surface area contributed by atoms with Gasteiger partial charge < -0.3 is 5.73 Å². The van der Waals surface area contributed by atoms with Gasteiger partial charge in [-0.3, -0.25) is 4.68 Å². The number of hydrogen-bond acceptors (Lipinski definition) is 3. The molecule has 3 rings (SSSR count). The van der Waals surface area contributed by atoms with Crippen molar-refractivity contribution in [1.82, 2.24) is 14.8 Å².